The number of carbonyl (C=O) groups excluding carboxylic acids is 2. The third-order valence-electron chi connectivity index (χ3n) is 9.95. The maximum absolute atomic E-state index is 14.6. The number of hydrogen-bond acceptors (Lipinski definition) is 6. The topological polar surface area (TPSA) is 82.1 Å². The molecule has 192 valence electrons. The van der Waals surface area contributed by atoms with E-state index in [1.165, 1.54) is 0 Å². The summed E-state index contributed by atoms with van der Waals surface area (Å²) in [6.07, 6.45) is 2.94. The molecule has 3 fully saturated rings. The standard InChI is InChI=1S/C29H40O6/c1-14(2)17(5)25(31)34-23-15(3)12-28-16(4)10-20-21(26(20,6)7)19(22(28)30)11-18-13-33-27(8,9)35-24(18)29(23,28)32/h11-12,16,19-21,23-24,32H,10,13H2,1-9H3/t16-,19?,20?,21?,23?,24?,28?,29?/m1/s1. The summed E-state index contributed by atoms with van der Waals surface area (Å²) in [6.45, 7) is 17.8. The van der Waals surface area contributed by atoms with Gasteiger partial charge in [-0.25, -0.2) is 4.79 Å². The molecule has 0 aromatic carbocycles. The lowest BCUT2D eigenvalue weighted by molar-refractivity contribution is -0.303. The Morgan fingerprint density at radius 1 is 1.17 bits per heavy atom. The zero-order valence-corrected chi connectivity index (χ0v) is 22.5. The fraction of sp³-hybridized carbons (Fsp3) is 0.724. The molecule has 8 atom stereocenters. The van der Waals surface area contributed by atoms with Gasteiger partial charge < -0.3 is 19.3 Å². The summed E-state index contributed by atoms with van der Waals surface area (Å²) in [5.41, 5.74) is -0.108. The Bertz CT molecular complexity index is 1090. The lowest BCUT2D eigenvalue weighted by Gasteiger charge is -2.52. The Labute approximate surface area is 208 Å². The van der Waals surface area contributed by atoms with Crippen LogP contribution in [-0.4, -0.2) is 47.1 Å². The molecule has 0 amide bonds. The van der Waals surface area contributed by atoms with Gasteiger partial charge in [-0.05, 0) is 82.3 Å². The highest BCUT2D eigenvalue weighted by molar-refractivity contribution is 5.96. The van der Waals surface area contributed by atoms with Crippen LogP contribution in [0, 0.1) is 34.5 Å². The van der Waals surface area contributed by atoms with Crippen molar-refractivity contribution in [2.24, 2.45) is 34.5 Å². The average molecular weight is 485 g/mol. The molecule has 35 heavy (non-hydrogen) atoms. The van der Waals surface area contributed by atoms with Gasteiger partial charge in [0, 0.05) is 11.5 Å². The van der Waals surface area contributed by atoms with Crippen molar-refractivity contribution in [3.8, 4) is 0 Å². The molecule has 0 aromatic rings. The van der Waals surface area contributed by atoms with Crippen LogP contribution in [0.25, 0.3) is 0 Å². The zero-order valence-electron chi connectivity index (χ0n) is 22.5. The Kier molecular flexibility index (Phi) is 5.26. The van der Waals surface area contributed by atoms with E-state index in [1.54, 1.807) is 6.92 Å². The van der Waals surface area contributed by atoms with Crippen LogP contribution in [-0.2, 0) is 23.8 Å². The van der Waals surface area contributed by atoms with E-state index in [1.807, 2.05) is 46.8 Å². The van der Waals surface area contributed by atoms with Gasteiger partial charge in [0.15, 0.2) is 23.3 Å². The van der Waals surface area contributed by atoms with Crippen LogP contribution in [0.5, 0.6) is 0 Å². The molecular weight excluding hydrogens is 444 g/mol. The fourth-order valence-electron chi connectivity index (χ4n) is 7.70. The first kappa shape index (κ1) is 24.9. The van der Waals surface area contributed by atoms with Crippen molar-refractivity contribution in [2.45, 2.75) is 92.3 Å². The van der Waals surface area contributed by atoms with Crippen molar-refractivity contribution in [1.82, 2.24) is 0 Å². The van der Waals surface area contributed by atoms with E-state index in [0.29, 0.717) is 17.1 Å². The van der Waals surface area contributed by atoms with Gasteiger partial charge in [-0.3, -0.25) is 4.79 Å². The summed E-state index contributed by atoms with van der Waals surface area (Å²) in [5.74, 6) is -1.29. The summed E-state index contributed by atoms with van der Waals surface area (Å²) >= 11 is 0. The van der Waals surface area contributed by atoms with Crippen molar-refractivity contribution in [1.29, 1.82) is 0 Å². The molecule has 1 heterocycles. The van der Waals surface area contributed by atoms with Crippen molar-refractivity contribution in [3.05, 3.63) is 34.4 Å². The van der Waals surface area contributed by atoms with Crippen molar-refractivity contribution >= 4 is 11.8 Å². The van der Waals surface area contributed by atoms with Gasteiger partial charge in [0.05, 0.1) is 12.0 Å². The second kappa shape index (κ2) is 7.39. The predicted molar refractivity (Wildman–Crippen MR) is 131 cm³/mol. The van der Waals surface area contributed by atoms with Crippen molar-refractivity contribution in [2.75, 3.05) is 6.61 Å². The van der Waals surface area contributed by atoms with E-state index >= 15 is 0 Å². The molecule has 5 aliphatic rings. The molecule has 1 aliphatic heterocycles. The maximum Gasteiger partial charge on any atom is 0.334 e. The highest BCUT2D eigenvalue weighted by Crippen LogP contribution is 2.72. The number of hydrogen-bond donors (Lipinski definition) is 1. The minimum Gasteiger partial charge on any atom is -0.451 e. The Balaban J connectivity index is 1.72. The van der Waals surface area contributed by atoms with Crippen LogP contribution in [0.1, 0.15) is 68.7 Å². The second-order valence-electron chi connectivity index (χ2n) is 12.9. The number of rotatable bonds is 2. The molecule has 4 aliphatic carbocycles. The molecule has 0 aromatic heterocycles. The summed E-state index contributed by atoms with van der Waals surface area (Å²) in [5, 5.41) is 12.9. The SMILES string of the molecule is CC1=CC23C(=O)C(C=C4COC(C)(C)OC4C2(O)C1OC(=O)C(C)=C(C)C)C1C(C[C@H]3C)C1(C)C. The first-order valence-electron chi connectivity index (χ1n) is 12.9. The quantitative estimate of drug-likeness (QED) is 0.353. The number of ketones is 1. The van der Waals surface area contributed by atoms with E-state index in [9.17, 15) is 14.7 Å². The molecule has 5 rings (SSSR count). The first-order valence-corrected chi connectivity index (χ1v) is 12.9. The summed E-state index contributed by atoms with van der Waals surface area (Å²) < 4.78 is 18.5. The van der Waals surface area contributed by atoms with Gasteiger partial charge in [0.25, 0.3) is 0 Å². The monoisotopic (exact) mass is 484 g/mol. The maximum atomic E-state index is 14.6. The predicted octanol–water partition coefficient (Wildman–Crippen LogP) is 4.52. The summed E-state index contributed by atoms with van der Waals surface area (Å²) in [7, 11) is 0. The van der Waals surface area contributed by atoms with Gasteiger partial charge >= 0.3 is 5.97 Å². The number of ether oxygens (including phenoxy) is 3. The smallest absolute Gasteiger partial charge is 0.334 e. The number of fused-ring (bicyclic) bond motifs is 5. The fourth-order valence-corrected chi connectivity index (χ4v) is 7.70. The molecule has 6 heteroatoms. The first-order chi connectivity index (χ1) is 16.1. The highest BCUT2D eigenvalue weighted by Gasteiger charge is 2.77. The Hall–Kier alpha value is -1.76. The lowest BCUT2D eigenvalue weighted by atomic mass is 9.59. The van der Waals surface area contributed by atoms with E-state index in [-0.39, 0.29) is 35.6 Å². The third kappa shape index (κ3) is 3.12. The van der Waals surface area contributed by atoms with Gasteiger partial charge in [-0.1, -0.05) is 38.5 Å². The van der Waals surface area contributed by atoms with Crippen LogP contribution >= 0.6 is 0 Å². The molecule has 6 nitrogen and oxygen atoms in total. The van der Waals surface area contributed by atoms with Gasteiger partial charge in [-0.2, -0.15) is 0 Å². The van der Waals surface area contributed by atoms with E-state index in [4.69, 9.17) is 14.2 Å². The van der Waals surface area contributed by atoms with E-state index < -0.39 is 35.0 Å². The summed E-state index contributed by atoms with van der Waals surface area (Å²) in [4.78, 5) is 27.8. The van der Waals surface area contributed by atoms with E-state index in [2.05, 4.69) is 20.8 Å². The third-order valence-corrected chi connectivity index (χ3v) is 9.95. The number of allylic oxidation sites excluding steroid dienone is 2. The van der Waals surface area contributed by atoms with Crippen molar-refractivity contribution in [3.63, 3.8) is 0 Å². The minimum atomic E-state index is -1.77. The number of esters is 1. The second-order valence-corrected chi connectivity index (χ2v) is 12.9. The molecule has 2 bridgehead atoms. The average Bonchev–Trinajstić information content (AvgIpc) is 3.25. The number of aliphatic hydroxyl groups is 1. The summed E-state index contributed by atoms with van der Waals surface area (Å²) in [6, 6.07) is 0. The van der Waals surface area contributed by atoms with Gasteiger partial charge in [0.1, 0.15) is 6.10 Å². The zero-order chi connectivity index (χ0) is 25.9. The molecule has 0 radical (unpaired) electrons. The molecule has 1 spiro atoms. The molecule has 1 N–H and O–H groups in total. The van der Waals surface area contributed by atoms with Crippen LogP contribution in [0.3, 0.4) is 0 Å². The number of carbonyl (C=O) groups is 2. The molecule has 1 saturated heterocycles. The Morgan fingerprint density at radius 3 is 2.46 bits per heavy atom. The lowest BCUT2D eigenvalue weighted by Crippen LogP contribution is -2.68. The van der Waals surface area contributed by atoms with Gasteiger partial charge in [-0.15, -0.1) is 0 Å². The van der Waals surface area contributed by atoms with Gasteiger partial charge in [0.2, 0.25) is 0 Å². The Morgan fingerprint density at radius 2 is 1.83 bits per heavy atom. The molecule has 2 saturated carbocycles. The largest absolute Gasteiger partial charge is 0.451 e. The van der Waals surface area contributed by atoms with E-state index in [0.717, 1.165) is 17.6 Å². The van der Waals surface area contributed by atoms with Crippen LogP contribution in [0.4, 0.5) is 0 Å². The number of Topliss-reactive ketones (excluding diaryl/α,β-unsaturated/α-hetero) is 1. The van der Waals surface area contributed by atoms with Crippen LogP contribution < -0.4 is 0 Å². The van der Waals surface area contributed by atoms with Crippen molar-refractivity contribution < 1.29 is 28.9 Å². The van der Waals surface area contributed by atoms with Crippen LogP contribution in [0.2, 0.25) is 0 Å². The van der Waals surface area contributed by atoms with Crippen LogP contribution in [0.15, 0.2) is 34.4 Å². The molecule has 7 unspecified atom stereocenters. The molecular formula is C29H40O6. The normalized spacial score (nSPS) is 44.5. The minimum absolute atomic E-state index is 0.0192. The highest BCUT2D eigenvalue weighted by atomic mass is 16.7.